The molecule has 5 heteroatoms. The van der Waals surface area contributed by atoms with E-state index < -0.39 is 0 Å². The molecule has 0 saturated carbocycles. The second-order valence-corrected chi connectivity index (χ2v) is 5.81. The van der Waals surface area contributed by atoms with E-state index in [1.807, 2.05) is 19.9 Å². The zero-order valence-electron chi connectivity index (χ0n) is 11.9. The van der Waals surface area contributed by atoms with Crippen LogP contribution in [0.2, 0.25) is 0 Å². The molecule has 21 heavy (non-hydrogen) atoms. The minimum atomic E-state index is -0.371. The molecule has 0 saturated heterocycles. The maximum absolute atomic E-state index is 12.0. The van der Waals surface area contributed by atoms with Crippen molar-refractivity contribution in [1.82, 2.24) is 4.57 Å². The Morgan fingerprint density at radius 1 is 1.19 bits per heavy atom. The van der Waals surface area contributed by atoms with Gasteiger partial charge in [0.25, 0.3) is 5.56 Å². The van der Waals surface area contributed by atoms with Crippen LogP contribution in [-0.4, -0.2) is 17.1 Å². The van der Waals surface area contributed by atoms with Crippen LogP contribution in [0.15, 0.2) is 45.8 Å². The van der Waals surface area contributed by atoms with Gasteiger partial charge in [-0.2, -0.15) is 0 Å². The van der Waals surface area contributed by atoms with E-state index in [2.05, 4.69) is 15.9 Å². The Labute approximate surface area is 131 Å². The fraction of sp³-hybridized carbons (Fsp3) is 0.250. The largest absolute Gasteiger partial charge is 0.460 e. The Hall–Kier alpha value is -1.88. The lowest BCUT2D eigenvalue weighted by Gasteiger charge is -2.08. The third kappa shape index (κ3) is 4.29. The summed E-state index contributed by atoms with van der Waals surface area (Å²) in [5.74, 6) is -0.371. The van der Waals surface area contributed by atoms with Crippen LogP contribution in [-0.2, 0) is 11.3 Å². The first-order valence-electron chi connectivity index (χ1n) is 6.57. The number of carbonyl (C=O) groups is 1. The second kappa shape index (κ2) is 6.72. The number of aromatic nitrogens is 1. The summed E-state index contributed by atoms with van der Waals surface area (Å²) in [6.45, 7) is 4.35. The Kier molecular flexibility index (Phi) is 4.96. The van der Waals surface area contributed by atoms with Crippen molar-refractivity contribution in [3.8, 4) is 0 Å². The highest BCUT2D eigenvalue weighted by Crippen LogP contribution is 2.10. The SMILES string of the molecule is Cc1cc(C)cc(C(=O)OCCn2cc(Br)ccc2=O)c1. The number of benzene rings is 1. The lowest BCUT2D eigenvalue weighted by atomic mass is 10.1. The van der Waals surface area contributed by atoms with Gasteiger partial charge in [-0.3, -0.25) is 4.79 Å². The summed E-state index contributed by atoms with van der Waals surface area (Å²) in [7, 11) is 0. The minimum Gasteiger partial charge on any atom is -0.460 e. The highest BCUT2D eigenvalue weighted by atomic mass is 79.9. The van der Waals surface area contributed by atoms with Crippen LogP contribution in [0.1, 0.15) is 21.5 Å². The Balaban J connectivity index is 1.98. The molecule has 0 N–H and O–H groups in total. The summed E-state index contributed by atoms with van der Waals surface area (Å²) >= 11 is 3.30. The van der Waals surface area contributed by atoms with Crippen LogP contribution in [0.3, 0.4) is 0 Å². The van der Waals surface area contributed by atoms with Gasteiger partial charge >= 0.3 is 5.97 Å². The molecule has 1 aromatic heterocycles. The van der Waals surface area contributed by atoms with Gasteiger partial charge in [-0.1, -0.05) is 17.2 Å². The highest BCUT2D eigenvalue weighted by Gasteiger charge is 2.08. The van der Waals surface area contributed by atoms with Gasteiger partial charge < -0.3 is 9.30 Å². The third-order valence-corrected chi connectivity index (χ3v) is 3.44. The van der Waals surface area contributed by atoms with E-state index in [1.165, 1.54) is 10.6 Å². The zero-order chi connectivity index (χ0) is 15.4. The first-order valence-corrected chi connectivity index (χ1v) is 7.36. The van der Waals surface area contributed by atoms with E-state index in [-0.39, 0.29) is 18.1 Å². The van der Waals surface area contributed by atoms with Crippen molar-refractivity contribution in [3.63, 3.8) is 0 Å². The van der Waals surface area contributed by atoms with Gasteiger partial charge in [0.15, 0.2) is 0 Å². The quantitative estimate of drug-likeness (QED) is 0.797. The molecular weight excluding hydrogens is 334 g/mol. The van der Waals surface area contributed by atoms with Crippen molar-refractivity contribution in [2.45, 2.75) is 20.4 Å². The normalized spacial score (nSPS) is 10.4. The van der Waals surface area contributed by atoms with E-state index in [0.717, 1.165) is 15.6 Å². The number of hydrogen-bond acceptors (Lipinski definition) is 3. The topological polar surface area (TPSA) is 48.3 Å². The van der Waals surface area contributed by atoms with Crippen molar-refractivity contribution in [1.29, 1.82) is 0 Å². The van der Waals surface area contributed by atoms with Gasteiger partial charge in [0.2, 0.25) is 0 Å². The lowest BCUT2D eigenvalue weighted by molar-refractivity contribution is 0.0490. The number of rotatable bonds is 4. The summed E-state index contributed by atoms with van der Waals surface area (Å²) in [6.07, 6.45) is 1.67. The molecule has 0 bridgehead atoms. The Morgan fingerprint density at radius 3 is 2.52 bits per heavy atom. The van der Waals surface area contributed by atoms with Crippen LogP contribution in [0, 0.1) is 13.8 Å². The van der Waals surface area contributed by atoms with Gasteiger partial charge in [0, 0.05) is 16.7 Å². The first-order chi connectivity index (χ1) is 9.95. The molecule has 0 spiro atoms. The third-order valence-electron chi connectivity index (χ3n) is 2.97. The summed E-state index contributed by atoms with van der Waals surface area (Å²) in [5.41, 5.74) is 2.45. The molecule has 1 heterocycles. The van der Waals surface area contributed by atoms with Crippen LogP contribution < -0.4 is 5.56 Å². The lowest BCUT2D eigenvalue weighted by Crippen LogP contribution is -2.22. The number of aryl methyl sites for hydroxylation is 2. The number of pyridine rings is 1. The molecule has 0 fully saturated rings. The standard InChI is InChI=1S/C16H16BrNO3/c1-11-7-12(2)9-13(8-11)16(20)21-6-5-18-10-14(17)3-4-15(18)19/h3-4,7-10H,5-6H2,1-2H3. The van der Waals surface area contributed by atoms with Gasteiger partial charge in [0.05, 0.1) is 12.1 Å². The summed E-state index contributed by atoms with van der Waals surface area (Å²) in [4.78, 5) is 23.6. The van der Waals surface area contributed by atoms with E-state index in [9.17, 15) is 9.59 Å². The van der Waals surface area contributed by atoms with E-state index in [1.54, 1.807) is 24.4 Å². The summed E-state index contributed by atoms with van der Waals surface area (Å²) in [6, 6.07) is 8.73. The van der Waals surface area contributed by atoms with E-state index in [4.69, 9.17) is 4.74 Å². The van der Waals surface area contributed by atoms with E-state index >= 15 is 0 Å². The number of nitrogens with zero attached hydrogens (tertiary/aromatic N) is 1. The monoisotopic (exact) mass is 349 g/mol. The molecule has 2 aromatic rings. The van der Waals surface area contributed by atoms with Crippen molar-refractivity contribution >= 4 is 21.9 Å². The van der Waals surface area contributed by atoms with Crippen molar-refractivity contribution in [2.24, 2.45) is 0 Å². The predicted octanol–water partition coefficient (Wildman–Crippen LogP) is 3.08. The number of hydrogen-bond donors (Lipinski definition) is 0. The smallest absolute Gasteiger partial charge is 0.338 e. The molecule has 0 amide bonds. The fourth-order valence-electron chi connectivity index (χ4n) is 2.09. The predicted molar refractivity (Wildman–Crippen MR) is 84.6 cm³/mol. The fourth-order valence-corrected chi connectivity index (χ4v) is 2.47. The van der Waals surface area contributed by atoms with Gasteiger partial charge in [-0.25, -0.2) is 4.79 Å². The molecule has 0 aliphatic carbocycles. The number of halogens is 1. The van der Waals surface area contributed by atoms with Gasteiger partial charge in [-0.05, 0) is 48.0 Å². The van der Waals surface area contributed by atoms with Gasteiger partial charge in [-0.15, -0.1) is 0 Å². The Bertz CT molecular complexity index is 701. The first kappa shape index (κ1) is 15.5. The Morgan fingerprint density at radius 2 is 1.86 bits per heavy atom. The molecule has 0 aliphatic rings. The molecular formula is C16H16BrNO3. The molecule has 0 unspecified atom stereocenters. The van der Waals surface area contributed by atoms with Crippen LogP contribution in [0.5, 0.6) is 0 Å². The van der Waals surface area contributed by atoms with Crippen LogP contribution in [0.25, 0.3) is 0 Å². The van der Waals surface area contributed by atoms with Crippen LogP contribution >= 0.6 is 15.9 Å². The maximum atomic E-state index is 12.0. The minimum absolute atomic E-state index is 0.124. The highest BCUT2D eigenvalue weighted by molar-refractivity contribution is 9.10. The van der Waals surface area contributed by atoms with Gasteiger partial charge in [0.1, 0.15) is 6.61 Å². The summed E-state index contributed by atoms with van der Waals surface area (Å²) in [5, 5.41) is 0. The second-order valence-electron chi connectivity index (χ2n) is 4.89. The van der Waals surface area contributed by atoms with Crippen molar-refractivity contribution < 1.29 is 9.53 Å². The molecule has 0 aliphatic heterocycles. The zero-order valence-corrected chi connectivity index (χ0v) is 13.5. The van der Waals surface area contributed by atoms with Crippen molar-refractivity contribution in [3.05, 3.63) is 68.0 Å². The number of ether oxygens (including phenoxy) is 1. The molecule has 110 valence electrons. The average molecular weight is 350 g/mol. The molecule has 2 rings (SSSR count). The van der Waals surface area contributed by atoms with Crippen LogP contribution in [0.4, 0.5) is 0 Å². The van der Waals surface area contributed by atoms with E-state index in [0.29, 0.717) is 12.1 Å². The number of esters is 1. The molecule has 0 radical (unpaired) electrons. The molecule has 4 nitrogen and oxygen atoms in total. The van der Waals surface area contributed by atoms with Crippen molar-refractivity contribution in [2.75, 3.05) is 6.61 Å². The summed E-state index contributed by atoms with van der Waals surface area (Å²) < 4.78 is 7.53. The number of carbonyl (C=O) groups excluding carboxylic acids is 1. The molecule has 0 atom stereocenters. The average Bonchev–Trinajstić information content (AvgIpc) is 2.41. The molecule has 1 aromatic carbocycles. The maximum Gasteiger partial charge on any atom is 0.338 e.